The van der Waals surface area contributed by atoms with Crippen LogP contribution in [0.5, 0.6) is 0 Å². The van der Waals surface area contributed by atoms with E-state index in [1.165, 1.54) is 7.05 Å². The van der Waals surface area contributed by atoms with Crippen LogP contribution < -0.4 is 5.32 Å². The maximum Gasteiger partial charge on any atom is 0.254 e. The van der Waals surface area contributed by atoms with Crippen LogP contribution in [0.4, 0.5) is 8.78 Å². The van der Waals surface area contributed by atoms with Gasteiger partial charge in [-0.05, 0) is 13.1 Å². The van der Waals surface area contributed by atoms with Crippen molar-refractivity contribution in [3.63, 3.8) is 0 Å². The zero-order valence-electron chi connectivity index (χ0n) is 7.67. The Morgan fingerprint density at radius 2 is 2.31 bits per heavy atom. The molecule has 0 aliphatic heterocycles. The summed E-state index contributed by atoms with van der Waals surface area (Å²) in [5.74, 6) is 0. The lowest BCUT2D eigenvalue weighted by Gasteiger charge is -2.12. The molecule has 0 saturated carbocycles. The third-order valence-corrected chi connectivity index (χ3v) is 1.87. The predicted octanol–water partition coefficient (Wildman–Crippen LogP) is 0.816. The van der Waals surface area contributed by atoms with Gasteiger partial charge in [0.25, 0.3) is 6.43 Å². The lowest BCUT2D eigenvalue weighted by Crippen LogP contribution is -2.34. The van der Waals surface area contributed by atoms with Crippen LogP contribution in [0.1, 0.15) is 5.69 Å². The SMILES string of the molecule is CNC(Cc1ccn(C)n1)C(F)F. The van der Waals surface area contributed by atoms with Crippen molar-refractivity contribution in [1.29, 1.82) is 0 Å². The van der Waals surface area contributed by atoms with Crippen molar-refractivity contribution < 1.29 is 8.78 Å². The molecule has 1 aromatic rings. The van der Waals surface area contributed by atoms with Gasteiger partial charge in [-0.15, -0.1) is 0 Å². The van der Waals surface area contributed by atoms with Crippen molar-refractivity contribution in [2.24, 2.45) is 7.05 Å². The molecule has 0 aromatic carbocycles. The number of aryl methyl sites for hydroxylation is 1. The van der Waals surface area contributed by atoms with Crippen molar-refractivity contribution in [3.8, 4) is 0 Å². The predicted molar refractivity (Wildman–Crippen MR) is 45.8 cm³/mol. The molecule has 13 heavy (non-hydrogen) atoms. The van der Waals surface area contributed by atoms with Crippen LogP contribution in [0.3, 0.4) is 0 Å². The first-order valence-electron chi connectivity index (χ1n) is 4.07. The highest BCUT2D eigenvalue weighted by Gasteiger charge is 2.19. The molecule has 0 aliphatic rings. The molecule has 0 spiro atoms. The van der Waals surface area contributed by atoms with Crippen LogP contribution in [0.2, 0.25) is 0 Å². The van der Waals surface area contributed by atoms with E-state index in [4.69, 9.17) is 0 Å². The highest BCUT2D eigenvalue weighted by Crippen LogP contribution is 2.07. The van der Waals surface area contributed by atoms with Gasteiger partial charge in [0.2, 0.25) is 0 Å². The average Bonchev–Trinajstić information content (AvgIpc) is 2.46. The normalized spacial score (nSPS) is 13.6. The minimum absolute atomic E-state index is 0.259. The van der Waals surface area contributed by atoms with Crippen molar-refractivity contribution >= 4 is 0 Å². The van der Waals surface area contributed by atoms with Crippen molar-refractivity contribution in [3.05, 3.63) is 18.0 Å². The van der Waals surface area contributed by atoms with Crippen molar-refractivity contribution in [1.82, 2.24) is 15.1 Å². The van der Waals surface area contributed by atoms with Crippen LogP contribution >= 0.6 is 0 Å². The van der Waals surface area contributed by atoms with Gasteiger partial charge in [0.1, 0.15) is 0 Å². The van der Waals surface area contributed by atoms with E-state index in [9.17, 15) is 8.78 Å². The van der Waals surface area contributed by atoms with Gasteiger partial charge < -0.3 is 5.32 Å². The van der Waals surface area contributed by atoms with E-state index in [1.54, 1.807) is 24.0 Å². The fourth-order valence-electron chi connectivity index (χ4n) is 1.11. The summed E-state index contributed by atoms with van der Waals surface area (Å²) in [5.41, 5.74) is 0.683. The molecule has 3 nitrogen and oxygen atoms in total. The van der Waals surface area contributed by atoms with Crippen molar-refractivity contribution in [2.45, 2.75) is 18.9 Å². The van der Waals surface area contributed by atoms with Gasteiger partial charge in [-0.1, -0.05) is 0 Å². The smallest absolute Gasteiger partial charge is 0.254 e. The molecule has 74 valence electrons. The molecule has 1 aromatic heterocycles. The van der Waals surface area contributed by atoms with Gasteiger partial charge in [0, 0.05) is 19.7 Å². The summed E-state index contributed by atoms with van der Waals surface area (Å²) in [7, 11) is 3.29. The summed E-state index contributed by atoms with van der Waals surface area (Å²) in [6.45, 7) is 0. The Kier molecular flexibility index (Phi) is 3.36. The molecule has 0 fully saturated rings. The summed E-state index contributed by atoms with van der Waals surface area (Å²) in [4.78, 5) is 0. The monoisotopic (exact) mass is 189 g/mol. The van der Waals surface area contributed by atoms with Gasteiger partial charge >= 0.3 is 0 Å². The maximum absolute atomic E-state index is 12.3. The number of likely N-dealkylation sites (N-methyl/N-ethyl adjacent to an activating group) is 1. The minimum atomic E-state index is -2.35. The summed E-state index contributed by atoms with van der Waals surface area (Å²) in [6.07, 6.45) is -0.352. The van der Waals surface area contributed by atoms with Crippen LogP contribution in [0.25, 0.3) is 0 Å². The first-order valence-corrected chi connectivity index (χ1v) is 4.07. The van der Waals surface area contributed by atoms with Crippen LogP contribution in [0.15, 0.2) is 12.3 Å². The number of aromatic nitrogens is 2. The lowest BCUT2D eigenvalue weighted by atomic mass is 10.2. The molecule has 1 unspecified atom stereocenters. The summed E-state index contributed by atoms with van der Waals surface area (Å²) < 4.78 is 26.2. The second kappa shape index (κ2) is 4.32. The Bertz CT molecular complexity index is 260. The first-order chi connectivity index (χ1) is 6.13. The first kappa shape index (κ1) is 10.1. The van der Waals surface area contributed by atoms with E-state index in [2.05, 4.69) is 10.4 Å². The number of hydrogen-bond donors (Lipinski definition) is 1. The average molecular weight is 189 g/mol. The molecule has 0 saturated heterocycles. The Hall–Kier alpha value is -0.970. The molecule has 1 heterocycles. The van der Waals surface area contributed by atoms with Crippen LogP contribution in [-0.2, 0) is 13.5 Å². The number of nitrogens with zero attached hydrogens (tertiary/aromatic N) is 2. The molecule has 1 N–H and O–H groups in total. The second-order valence-corrected chi connectivity index (χ2v) is 2.91. The fraction of sp³-hybridized carbons (Fsp3) is 0.625. The number of alkyl halides is 2. The molecule has 0 aliphatic carbocycles. The van der Waals surface area contributed by atoms with E-state index in [0.717, 1.165) is 0 Å². The summed E-state index contributed by atoms with van der Waals surface area (Å²) in [5, 5.41) is 6.58. The van der Waals surface area contributed by atoms with Gasteiger partial charge in [0.15, 0.2) is 0 Å². The van der Waals surface area contributed by atoms with Gasteiger partial charge in [-0.2, -0.15) is 5.10 Å². The maximum atomic E-state index is 12.3. The van der Waals surface area contributed by atoms with E-state index in [0.29, 0.717) is 5.69 Å². The molecule has 1 rings (SSSR count). The highest BCUT2D eigenvalue weighted by molar-refractivity contribution is 5.01. The van der Waals surface area contributed by atoms with Crippen molar-refractivity contribution in [2.75, 3.05) is 7.05 Å². The Morgan fingerprint density at radius 3 is 2.69 bits per heavy atom. The lowest BCUT2D eigenvalue weighted by molar-refractivity contribution is 0.101. The van der Waals surface area contributed by atoms with E-state index >= 15 is 0 Å². The number of halogens is 2. The van der Waals surface area contributed by atoms with Gasteiger partial charge in [-0.25, -0.2) is 8.78 Å². The van der Waals surface area contributed by atoms with Crippen LogP contribution in [-0.4, -0.2) is 29.3 Å². The molecular weight excluding hydrogens is 176 g/mol. The zero-order chi connectivity index (χ0) is 9.84. The quantitative estimate of drug-likeness (QED) is 0.759. The molecular formula is C8H13F2N3. The summed E-state index contributed by atoms with van der Waals surface area (Å²) in [6, 6.07) is 0.932. The summed E-state index contributed by atoms with van der Waals surface area (Å²) >= 11 is 0. The standard InChI is InChI=1S/C8H13F2N3/c1-11-7(8(9)10)5-6-3-4-13(2)12-6/h3-4,7-8,11H,5H2,1-2H3. The molecule has 0 amide bonds. The zero-order valence-corrected chi connectivity index (χ0v) is 7.67. The Morgan fingerprint density at radius 1 is 1.62 bits per heavy atom. The van der Waals surface area contributed by atoms with E-state index < -0.39 is 12.5 Å². The molecule has 0 radical (unpaired) electrons. The highest BCUT2D eigenvalue weighted by atomic mass is 19.3. The molecule has 1 atom stereocenters. The van der Waals surface area contributed by atoms with E-state index in [1.807, 2.05) is 0 Å². The number of hydrogen-bond acceptors (Lipinski definition) is 2. The second-order valence-electron chi connectivity index (χ2n) is 2.91. The largest absolute Gasteiger partial charge is 0.312 e. The number of rotatable bonds is 4. The number of nitrogens with one attached hydrogen (secondary N) is 1. The van der Waals surface area contributed by atoms with E-state index in [-0.39, 0.29) is 6.42 Å². The topological polar surface area (TPSA) is 29.9 Å². The Labute approximate surface area is 75.7 Å². The third-order valence-electron chi connectivity index (χ3n) is 1.87. The van der Waals surface area contributed by atoms with Gasteiger partial charge in [-0.3, -0.25) is 4.68 Å². The third kappa shape index (κ3) is 2.77. The minimum Gasteiger partial charge on any atom is -0.312 e. The van der Waals surface area contributed by atoms with Gasteiger partial charge in [0.05, 0.1) is 11.7 Å². The Balaban J connectivity index is 2.56. The molecule has 0 bridgehead atoms. The fourth-order valence-corrected chi connectivity index (χ4v) is 1.11. The molecule has 5 heteroatoms. The van der Waals surface area contributed by atoms with Crippen LogP contribution in [0, 0.1) is 0 Å².